The quantitative estimate of drug-likeness (QED) is 0.779. The second-order valence-electron chi connectivity index (χ2n) is 6.48. The highest BCUT2D eigenvalue weighted by Gasteiger charge is 2.46. The van der Waals surface area contributed by atoms with Crippen LogP contribution in [0.25, 0.3) is 11.6 Å². The third-order valence-corrected chi connectivity index (χ3v) is 3.70. The van der Waals surface area contributed by atoms with E-state index in [9.17, 15) is 4.79 Å². The number of imidazole rings is 1. The topological polar surface area (TPSA) is 77.1 Å². The zero-order valence-corrected chi connectivity index (χ0v) is 13.7. The molecule has 120 valence electrons. The van der Waals surface area contributed by atoms with E-state index >= 15 is 0 Å². The van der Waals surface area contributed by atoms with Crippen LogP contribution in [0.2, 0.25) is 0 Å². The van der Waals surface area contributed by atoms with Crippen LogP contribution in [0.15, 0.2) is 16.9 Å². The molecule has 0 aromatic carbocycles. The van der Waals surface area contributed by atoms with E-state index in [1.54, 1.807) is 11.2 Å². The first-order chi connectivity index (χ1) is 10.9. The van der Waals surface area contributed by atoms with Crippen LogP contribution in [0.3, 0.4) is 0 Å². The Kier molecular flexibility index (Phi) is 3.68. The minimum Gasteiger partial charge on any atom is -0.418 e. The van der Waals surface area contributed by atoms with Crippen LogP contribution in [-0.2, 0) is 17.3 Å². The van der Waals surface area contributed by atoms with Gasteiger partial charge in [-0.3, -0.25) is 4.79 Å². The van der Waals surface area contributed by atoms with E-state index in [-0.39, 0.29) is 17.2 Å². The molecular formula is C16H19N5O2. The standard InChI is InChI=1S/C16H19N5O2/c1-11(2)5-6-13(22)21-8-16(3,9-21)15-19-18-14(23-15)12-7-20(4)10-17-12/h7,10-11H,8-9H2,1-4H3. The van der Waals surface area contributed by atoms with Crippen LogP contribution in [0.4, 0.5) is 0 Å². The van der Waals surface area contributed by atoms with Gasteiger partial charge in [-0.15, -0.1) is 10.2 Å². The van der Waals surface area contributed by atoms with Gasteiger partial charge in [0.05, 0.1) is 11.7 Å². The van der Waals surface area contributed by atoms with E-state index in [1.165, 1.54) is 0 Å². The average molecular weight is 313 g/mol. The number of amides is 1. The fourth-order valence-corrected chi connectivity index (χ4v) is 2.45. The van der Waals surface area contributed by atoms with Gasteiger partial charge in [-0.25, -0.2) is 4.98 Å². The molecule has 0 saturated carbocycles. The molecule has 1 aliphatic rings. The number of carbonyl (C=O) groups is 1. The highest BCUT2D eigenvalue weighted by molar-refractivity contribution is 5.94. The molecule has 0 aliphatic carbocycles. The van der Waals surface area contributed by atoms with Crippen molar-refractivity contribution < 1.29 is 9.21 Å². The molecule has 1 aliphatic heterocycles. The third kappa shape index (κ3) is 2.97. The van der Waals surface area contributed by atoms with Crippen LogP contribution in [0.1, 0.15) is 26.7 Å². The molecule has 0 atom stereocenters. The molecule has 1 amide bonds. The van der Waals surface area contributed by atoms with Crippen molar-refractivity contribution in [2.75, 3.05) is 13.1 Å². The van der Waals surface area contributed by atoms with E-state index in [0.717, 1.165) is 0 Å². The number of hydrogen-bond donors (Lipinski definition) is 0. The zero-order valence-electron chi connectivity index (χ0n) is 13.7. The van der Waals surface area contributed by atoms with Gasteiger partial charge in [-0.1, -0.05) is 19.8 Å². The Morgan fingerprint density at radius 2 is 2.13 bits per heavy atom. The normalized spacial score (nSPS) is 16.0. The van der Waals surface area contributed by atoms with Gasteiger partial charge in [-0.2, -0.15) is 0 Å². The molecule has 7 nitrogen and oxygen atoms in total. The van der Waals surface area contributed by atoms with Crippen molar-refractivity contribution in [3.63, 3.8) is 0 Å². The summed E-state index contributed by atoms with van der Waals surface area (Å²) in [5.41, 5.74) is 0.319. The molecule has 0 N–H and O–H groups in total. The molecule has 2 aromatic rings. The van der Waals surface area contributed by atoms with E-state index in [1.807, 2.05) is 38.6 Å². The first-order valence-corrected chi connectivity index (χ1v) is 7.50. The number of carbonyl (C=O) groups excluding carboxylic acids is 1. The lowest BCUT2D eigenvalue weighted by molar-refractivity contribution is -0.132. The number of likely N-dealkylation sites (tertiary alicyclic amines) is 1. The monoisotopic (exact) mass is 313 g/mol. The Hall–Kier alpha value is -2.62. The Labute approximate surface area is 134 Å². The first-order valence-electron chi connectivity index (χ1n) is 7.50. The Balaban J connectivity index is 1.69. The molecule has 0 radical (unpaired) electrons. The van der Waals surface area contributed by atoms with Crippen molar-refractivity contribution in [1.29, 1.82) is 0 Å². The SMILES string of the molecule is CC(C)C#CC(=O)N1CC(C)(c2nnc(-c3cn(C)cn3)o2)C1. The maximum atomic E-state index is 12.0. The Morgan fingerprint density at radius 3 is 2.74 bits per heavy atom. The average Bonchev–Trinajstić information content (AvgIpc) is 3.10. The van der Waals surface area contributed by atoms with E-state index < -0.39 is 0 Å². The van der Waals surface area contributed by atoms with Gasteiger partial charge in [0.15, 0.2) is 0 Å². The fourth-order valence-electron chi connectivity index (χ4n) is 2.45. The van der Waals surface area contributed by atoms with Crippen LogP contribution >= 0.6 is 0 Å². The molecule has 3 rings (SSSR count). The Bertz CT molecular complexity index is 787. The van der Waals surface area contributed by atoms with Gasteiger partial charge in [0.2, 0.25) is 5.89 Å². The molecule has 1 fully saturated rings. The summed E-state index contributed by atoms with van der Waals surface area (Å²) in [6, 6.07) is 0. The number of hydrogen-bond acceptors (Lipinski definition) is 5. The van der Waals surface area contributed by atoms with Crippen molar-refractivity contribution in [3.05, 3.63) is 18.4 Å². The zero-order chi connectivity index (χ0) is 16.6. The van der Waals surface area contributed by atoms with Crippen LogP contribution < -0.4 is 0 Å². The van der Waals surface area contributed by atoms with Gasteiger partial charge in [0.1, 0.15) is 5.69 Å². The molecule has 23 heavy (non-hydrogen) atoms. The first kappa shape index (κ1) is 15.3. The summed E-state index contributed by atoms with van der Waals surface area (Å²) in [6.07, 6.45) is 3.50. The summed E-state index contributed by atoms with van der Waals surface area (Å²) in [7, 11) is 1.88. The molecule has 0 unspecified atom stereocenters. The van der Waals surface area contributed by atoms with E-state index in [2.05, 4.69) is 27.0 Å². The lowest BCUT2D eigenvalue weighted by Gasteiger charge is -2.44. The van der Waals surface area contributed by atoms with Crippen molar-refractivity contribution in [1.82, 2.24) is 24.6 Å². The van der Waals surface area contributed by atoms with Crippen molar-refractivity contribution in [3.8, 4) is 23.4 Å². The summed E-state index contributed by atoms with van der Waals surface area (Å²) in [5.74, 6) is 6.50. The smallest absolute Gasteiger partial charge is 0.298 e. The lowest BCUT2D eigenvalue weighted by Crippen LogP contribution is -2.59. The third-order valence-electron chi connectivity index (χ3n) is 3.70. The van der Waals surface area contributed by atoms with Crippen molar-refractivity contribution in [2.24, 2.45) is 13.0 Å². The highest BCUT2D eigenvalue weighted by Crippen LogP contribution is 2.34. The summed E-state index contributed by atoms with van der Waals surface area (Å²) in [6.45, 7) is 6.98. The molecule has 7 heteroatoms. The van der Waals surface area contributed by atoms with Crippen LogP contribution in [0, 0.1) is 17.8 Å². The lowest BCUT2D eigenvalue weighted by atomic mass is 9.82. The maximum absolute atomic E-state index is 12.0. The van der Waals surface area contributed by atoms with Crippen LogP contribution in [0.5, 0.6) is 0 Å². The number of rotatable bonds is 2. The number of aromatic nitrogens is 4. The molecular weight excluding hydrogens is 294 g/mol. The van der Waals surface area contributed by atoms with E-state index in [0.29, 0.717) is 30.6 Å². The van der Waals surface area contributed by atoms with Gasteiger partial charge >= 0.3 is 0 Å². The van der Waals surface area contributed by atoms with Crippen LogP contribution in [-0.4, -0.2) is 43.6 Å². The summed E-state index contributed by atoms with van der Waals surface area (Å²) >= 11 is 0. The number of aryl methyl sites for hydroxylation is 1. The van der Waals surface area contributed by atoms with Gasteiger partial charge in [-0.05, 0) is 12.8 Å². The summed E-state index contributed by atoms with van der Waals surface area (Å²) in [4.78, 5) is 17.8. The minimum absolute atomic E-state index is 0.152. The molecule has 0 spiro atoms. The van der Waals surface area contributed by atoms with Gasteiger partial charge in [0.25, 0.3) is 11.8 Å². The highest BCUT2D eigenvalue weighted by atomic mass is 16.4. The Morgan fingerprint density at radius 1 is 1.39 bits per heavy atom. The predicted molar refractivity (Wildman–Crippen MR) is 83.0 cm³/mol. The fraction of sp³-hybridized carbons (Fsp3) is 0.500. The van der Waals surface area contributed by atoms with E-state index in [4.69, 9.17) is 4.42 Å². The summed E-state index contributed by atoms with van der Waals surface area (Å²) in [5, 5.41) is 8.18. The molecule has 0 bridgehead atoms. The van der Waals surface area contributed by atoms with Gasteiger partial charge in [0, 0.05) is 32.3 Å². The number of nitrogens with zero attached hydrogens (tertiary/aromatic N) is 5. The predicted octanol–water partition coefficient (Wildman–Crippen LogP) is 1.23. The summed E-state index contributed by atoms with van der Waals surface area (Å²) < 4.78 is 7.56. The maximum Gasteiger partial charge on any atom is 0.298 e. The minimum atomic E-state index is -0.324. The van der Waals surface area contributed by atoms with Gasteiger partial charge < -0.3 is 13.9 Å². The largest absolute Gasteiger partial charge is 0.418 e. The van der Waals surface area contributed by atoms with Crippen molar-refractivity contribution in [2.45, 2.75) is 26.2 Å². The second-order valence-corrected chi connectivity index (χ2v) is 6.48. The van der Waals surface area contributed by atoms with Crippen molar-refractivity contribution >= 4 is 5.91 Å². The molecule has 2 aromatic heterocycles. The molecule has 1 saturated heterocycles. The second kappa shape index (κ2) is 5.54. The molecule has 3 heterocycles.